The third-order valence-corrected chi connectivity index (χ3v) is 2.44. The summed E-state index contributed by atoms with van der Waals surface area (Å²) in [6, 6.07) is 1.42. The predicted octanol–water partition coefficient (Wildman–Crippen LogP) is 0.796. The SMILES string of the molecule is Cc1cc(=O)n(CCCl)c(=O)n1CCCl. The first kappa shape index (κ1) is 12.3. The number of aryl methyl sites for hydroxylation is 1. The van der Waals surface area contributed by atoms with Crippen molar-refractivity contribution in [2.45, 2.75) is 20.0 Å². The first-order valence-corrected chi connectivity index (χ1v) is 5.62. The lowest BCUT2D eigenvalue weighted by Gasteiger charge is -2.10. The summed E-state index contributed by atoms with van der Waals surface area (Å²) in [5, 5.41) is 0. The van der Waals surface area contributed by atoms with E-state index in [0.717, 1.165) is 4.57 Å². The smallest absolute Gasteiger partial charge is 0.297 e. The Morgan fingerprint density at radius 3 is 2.20 bits per heavy atom. The van der Waals surface area contributed by atoms with Gasteiger partial charge in [-0.05, 0) is 6.92 Å². The monoisotopic (exact) mass is 250 g/mol. The molecule has 1 aromatic rings. The highest BCUT2D eigenvalue weighted by atomic mass is 35.5. The number of hydrogen-bond donors (Lipinski definition) is 0. The summed E-state index contributed by atoms with van der Waals surface area (Å²) in [7, 11) is 0. The van der Waals surface area contributed by atoms with Gasteiger partial charge in [0.25, 0.3) is 5.56 Å². The van der Waals surface area contributed by atoms with E-state index in [1.165, 1.54) is 10.6 Å². The van der Waals surface area contributed by atoms with Crippen molar-refractivity contribution in [1.29, 1.82) is 0 Å². The first-order valence-electron chi connectivity index (χ1n) is 4.55. The zero-order valence-corrected chi connectivity index (χ0v) is 9.88. The lowest BCUT2D eigenvalue weighted by molar-refractivity contribution is 0.578. The van der Waals surface area contributed by atoms with Crippen molar-refractivity contribution in [3.8, 4) is 0 Å². The molecule has 15 heavy (non-hydrogen) atoms. The van der Waals surface area contributed by atoms with Gasteiger partial charge in [-0.3, -0.25) is 13.9 Å². The van der Waals surface area contributed by atoms with Crippen molar-refractivity contribution in [3.05, 3.63) is 32.6 Å². The van der Waals surface area contributed by atoms with E-state index in [0.29, 0.717) is 18.1 Å². The Balaban J connectivity index is 3.36. The summed E-state index contributed by atoms with van der Waals surface area (Å²) in [6.45, 7) is 2.33. The van der Waals surface area contributed by atoms with Crippen molar-refractivity contribution in [2.24, 2.45) is 0 Å². The molecule has 0 unspecified atom stereocenters. The molecule has 1 rings (SSSR count). The molecule has 0 N–H and O–H groups in total. The summed E-state index contributed by atoms with van der Waals surface area (Å²) in [5.74, 6) is 0.568. The Kier molecular flexibility index (Phi) is 4.42. The van der Waals surface area contributed by atoms with Crippen LogP contribution >= 0.6 is 23.2 Å². The van der Waals surface area contributed by atoms with Crippen LogP contribution in [0.2, 0.25) is 0 Å². The maximum Gasteiger partial charge on any atom is 0.331 e. The fourth-order valence-corrected chi connectivity index (χ4v) is 1.71. The fourth-order valence-electron chi connectivity index (χ4n) is 1.37. The molecular formula is C9H12Cl2N2O2. The molecule has 4 nitrogen and oxygen atoms in total. The van der Waals surface area contributed by atoms with Crippen LogP contribution in [-0.2, 0) is 13.1 Å². The molecule has 6 heteroatoms. The summed E-state index contributed by atoms with van der Waals surface area (Å²) in [4.78, 5) is 23.3. The number of nitrogens with zero attached hydrogens (tertiary/aromatic N) is 2. The van der Waals surface area contributed by atoms with Gasteiger partial charge < -0.3 is 0 Å². The number of halogens is 2. The maximum absolute atomic E-state index is 11.8. The molecule has 0 radical (unpaired) electrons. The van der Waals surface area contributed by atoms with Crippen LogP contribution < -0.4 is 11.2 Å². The van der Waals surface area contributed by atoms with Gasteiger partial charge in [-0.15, -0.1) is 23.2 Å². The van der Waals surface area contributed by atoms with Crippen molar-refractivity contribution in [2.75, 3.05) is 11.8 Å². The summed E-state index contributed by atoms with van der Waals surface area (Å²) >= 11 is 11.1. The van der Waals surface area contributed by atoms with Crippen LogP contribution in [0.25, 0.3) is 0 Å². The molecule has 0 saturated carbocycles. The molecule has 0 bridgehead atoms. The molecule has 0 atom stereocenters. The molecule has 0 amide bonds. The lowest BCUT2D eigenvalue weighted by Crippen LogP contribution is -2.41. The number of hydrogen-bond acceptors (Lipinski definition) is 2. The highest BCUT2D eigenvalue weighted by Crippen LogP contribution is 1.92. The molecule has 0 fully saturated rings. The normalized spacial score (nSPS) is 10.6. The molecule has 0 aliphatic heterocycles. The summed E-state index contributed by atoms with van der Waals surface area (Å²) < 4.78 is 2.59. The number of aromatic nitrogens is 2. The Morgan fingerprint density at radius 2 is 1.67 bits per heavy atom. The molecule has 0 aliphatic rings. The van der Waals surface area contributed by atoms with Crippen molar-refractivity contribution in [1.82, 2.24) is 9.13 Å². The summed E-state index contributed by atoms with van der Waals surface area (Å²) in [5.41, 5.74) is -0.0401. The van der Waals surface area contributed by atoms with Crippen LogP contribution in [0.5, 0.6) is 0 Å². The number of alkyl halides is 2. The minimum absolute atomic E-state index is 0.224. The van der Waals surface area contributed by atoms with Crippen LogP contribution in [-0.4, -0.2) is 20.9 Å². The van der Waals surface area contributed by atoms with E-state index in [-0.39, 0.29) is 23.7 Å². The van der Waals surface area contributed by atoms with Crippen LogP contribution in [0.4, 0.5) is 0 Å². The second-order valence-electron chi connectivity index (χ2n) is 3.09. The zero-order chi connectivity index (χ0) is 11.4. The van der Waals surface area contributed by atoms with Gasteiger partial charge in [-0.2, -0.15) is 0 Å². The molecule has 0 aromatic carbocycles. The Hall–Kier alpha value is -0.740. The van der Waals surface area contributed by atoms with E-state index in [1.54, 1.807) is 6.92 Å². The van der Waals surface area contributed by atoms with E-state index < -0.39 is 0 Å². The van der Waals surface area contributed by atoms with E-state index in [2.05, 4.69) is 0 Å². The molecule has 1 heterocycles. The second kappa shape index (κ2) is 5.37. The second-order valence-corrected chi connectivity index (χ2v) is 3.84. The molecule has 1 aromatic heterocycles. The van der Waals surface area contributed by atoms with Crippen LogP contribution in [0, 0.1) is 6.92 Å². The first-order chi connectivity index (χ1) is 7.11. The third kappa shape index (κ3) is 2.63. The van der Waals surface area contributed by atoms with Gasteiger partial charge in [-0.1, -0.05) is 0 Å². The minimum atomic E-state index is -0.346. The Labute approximate surface area is 97.0 Å². The van der Waals surface area contributed by atoms with Gasteiger partial charge in [-0.25, -0.2) is 4.79 Å². The molecule has 0 saturated heterocycles. The van der Waals surface area contributed by atoms with Crippen LogP contribution in [0.3, 0.4) is 0 Å². The largest absolute Gasteiger partial charge is 0.331 e. The van der Waals surface area contributed by atoms with E-state index in [9.17, 15) is 9.59 Å². The molecular weight excluding hydrogens is 239 g/mol. The molecule has 84 valence electrons. The third-order valence-electron chi connectivity index (χ3n) is 2.10. The minimum Gasteiger partial charge on any atom is -0.297 e. The Bertz CT molecular complexity index is 450. The highest BCUT2D eigenvalue weighted by molar-refractivity contribution is 6.18. The van der Waals surface area contributed by atoms with Gasteiger partial charge in [0, 0.05) is 36.6 Å². The lowest BCUT2D eigenvalue weighted by atomic mass is 10.4. The van der Waals surface area contributed by atoms with Gasteiger partial charge in [0.2, 0.25) is 0 Å². The van der Waals surface area contributed by atoms with E-state index in [4.69, 9.17) is 23.2 Å². The van der Waals surface area contributed by atoms with Crippen molar-refractivity contribution < 1.29 is 0 Å². The predicted molar refractivity (Wildman–Crippen MR) is 61.1 cm³/mol. The summed E-state index contributed by atoms with van der Waals surface area (Å²) in [6.07, 6.45) is 0. The quantitative estimate of drug-likeness (QED) is 0.743. The van der Waals surface area contributed by atoms with Crippen molar-refractivity contribution >= 4 is 23.2 Å². The van der Waals surface area contributed by atoms with Gasteiger partial charge >= 0.3 is 5.69 Å². The molecule has 0 aliphatic carbocycles. The maximum atomic E-state index is 11.8. The van der Waals surface area contributed by atoms with Gasteiger partial charge in [0.1, 0.15) is 0 Å². The van der Waals surface area contributed by atoms with Crippen LogP contribution in [0.1, 0.15) is 5.69 Å². The van der Waals surface area contributed by atoms with Crippen molar-refractivity contribution in [3.63, 3.8) is 0 Å². The standard InChI is InChI=1S/C9H12Cl2N2O2/c1-7-6-8(14)13(5-3-11)9(15)12(7)4-2-10/h6H,2-5H2,1H3. The van der Waals surface area contributed by atoms with E-state index in [1.807, 2.05) is 0 Å². The van der Waals surface area contributed by atoms with E-state index >= 15 is 0 Å². The topological polar surface area (TPSA) is 44.0 Å². The zero-order valence-electron chi connectivity index (χ0n) is 8.37. The van der Waals surface area contributed by atoms with Crippen LogP contribution in [0.15, 0.2) is 15.7 Å². The number of rotatable bonds is 4. The average Bonchev–Trinajstić information content (AvgIpc) is 2.19. The Morgan fingerprint density at radius 1 is 1.13 bits per heavy atom. The average molecular weight is 251 g/mol. The fraction of sp³-hybridized carbons (Fsp3) is 0.556. The highest BCUT2D eigenvalue weighted by Gasteiger charge is 2.07. The molecule has 0 spiro atoms. The van der Waals surface area contributed by atoms with Gasteiger partial charge in [0.15, 0.2) is 0 Å². The van der Waals surface area contributed by atoms with Gasteiger partial charge in [0.05, 0.1) is 0 Å².